The molecule has 0 aliphatic heterocycles. The Labute approximate surface area is 160 Å². The Morgan fingerprint density at radius 2 is 1.79 bits per heavy atom. The highest BCUT2D eigenvalue weighted by Gasteiger charge is 2.31. The van der Waals surface area contributed by atoms with Gasteiger partial charge in [0.05, 0.1) is 25.1 Å². The van der Waals surface area contributed by atoms with Gasteiger partial charge in [-0.05, 0) is 38.5 Å². The molecule has 0 radical (unpaired) electrons. The topological polar surface area (TPSA) is 93.7 Å². The van der Waals surface area contributed by atoms with Crippen LogP contribution in [0.15, 0.2) is 24.3 Å². The summed E-state index contributed by atoms with van der Waals surface area (Å²) in [5.74, 6) is -1.43. The van der Waals surface area contributed by atoms with Crippen LogP contribution in [0, 0.1) is 0 Å². The van der Waals surface area contributed by atoms with Gasteiger partial charge in [0.25, 0.3) is 0 Å². The summed E-state index contributed by atoms with van der Waals surface area (Å²) in [4.78, 5) is 35.3. The molecule has 1 rings (SSSR count). The lowest BCUT2D eigenvalue weighted by Crippen LogP contribution is -2.41. The maximum Gasteiger partial charge on any atom is 0.416 e. The molecule has 0 saturated carbocycles. The number of benzene rings is 1. The number of ether oxygens (including phenoxy) is 2. The monoisotopic (exact) mass is 404 g/mol. The van der Waals surface area contributed by atoms with E-state index in [9.17, 15) is 27.6 Å². The van der Waals surface area contributed by atoms with Gasteiger partial charge in [-0.1, -0.05) is 12.1 Å². The molecule has 1 atom stereocenters. The van der Waals surface area contributed by atoms with E-state index in [2.05, 4.69) is 15.4 Å². The summed E-state index contributed by atoms with van der Waals surface area (Å²) in [5, 5.41) is 4.65. The summed E-state index contributed by atoms with van der Waals surface area (Å²) in [5.41, 5.74) is -1.60. The molecule has 10 heteroatoms. The lowest BCUT2D eigenvalue weighted by molar-refractivity contribution is -0.141. The zero-order valence-electron chi connectivity index (χ0n) is 16.0. The molecule has 156 valence electrons. The highest BCUT2D eigenvalue weighted by atomic mass is 19.4. The van der Waals surface area contributed by atoms with Crippen molar-refractivity contribution in [1.29, 1.82) is 0 Å². The minimum atomic E-state index is -4.58. The second-order valence-electron chi connectivity index (χ2n) is 6.88. The minimum absolute atomic E-state index is 0.0749. The molecule has 0 aromatic heterocycles. The van der Waals surface area contributed by atoms with Crippen LogP contribution in [0.3, 0.4) is 0 Å². The highest BCUT2D eigenvalue weighted by molar-refractivity contribution is 5.83. The first kappa shape index (κ1) is 23.3. The number of esters is 1. The number of carbonyl (C=O) groups excluding carboxylic acids is 3. The molecule has 2 N–H and O–H groups in total. The van der Waals surface area contributed by atoms with E-state index in [0.29, 0.717) is 0 Å². The molecule has 0 saturated heterocycles. The first-order valence-corrected chi connectivity index (χ1v) is 8.32. The third-order valence-corrected chi connectivity index (χ3v) is 3.34. The molecule has 2 amide bonds. The summed E-state index contributed by atoms with van der Waals surface area (Å²) in [6, 6.07) is 3.18. The second kappa shape index (κ2) is 9.43. The Morgan fingerprint density at radius 3 is 2.32 bits per heavy atom. The van der Waals surface area contributed by atoms with Crippen molar-refractivity contribution in [3.63, 3.8) is 0 Å². The van der Waals surface area contributed by atoms with E-state index < -0.39 is 47.9 Å². The molecule has 1 aromatic carbocycles. The third-order valence-electron chi connectivity index (χ3n) is 3.34. The zero-order chi connectivity index (χ0) is 21.5. The lowest BCUT2D eigenvalue weighted by atomic mass is 10.0. The van der Waals surface area contributed by atoms with Crippen molar-refractivity contribution in [2.75, 3.05) is 13.7 Å². The van der Waals surface area contributed by atoms with Gasteiger partial charge in [0, 0.05) is 0 Å². The molecule has 0 unspecified atom stereocenters. The predicted octanol–water partition coefficient (Wildman–Crippen LogP) is 2.95. The van der Waals surface area contributed by atoms with Crippen molar-refractivity contribution in [3.8, 4) is 0 Å². The average molecular weight is 404 g/mol. The Balaban J connectivity index is 2.87. The number of alkyl halides is 3. The molecule has 28 heavy (non-hydrogen) atoms. The molecule has 0 aliphatic rings. The van der Waals surface area contributed by atoms with Crippen LogP contribution in [0.25, 0.3) is 0 Å². The fraction of sp³-hybridized carbons (Fsp3) is 0.500. The molecule has 0 fully saturated rings. The molecular formula is C18H23F3N2O5. The molecule has 0 aliphatic carbocycles. The summed E-state index contributed by atoms with van der Waals surface area (Å²) < 4.78 is 48.3. The molecular weight excluding hydrogens is 381 g/mol. The van der Waals surface area contributed by atoms with E-state index in [0.717, 1.165) is 19.2 Å². The van der Waals surface area contributed by atoms with Crippen molar-refractivity contribution in [2.24, 2.45) is 0 Å². The number of rotatable bonds is 6. The van der Waals surface area contributed by atoms with Crippen LogP contribution in [-0.2, 0) is 25.2 Å². The van der Waals surface area contributed by atoms with Crippen LogP contribution in [0.5, 0.6) is 0 Å². The molecule has 0 heterocycles. The maximum absolute atomic E-state index is 12.9. The Morgan fingerprint density at radius 1 is 1.14 bits per heavy atom. The standard InChI is InChI=1S/C18H23F3N2O5/c1-17(2,3)28-16(26)22-10-14(24)23-13(9-15(25)27-4)11-6-5-7-12(8-11)18(19,20)21/h5-8,13H,9-10H2,1-4H3,(H,22,26)(H,23,24)/t13-/m0/s1. The number of alkyl carbamates (subject to hydrolysis) is 1. The summed E-state index contributed by atoms with van der Waals surface area (Å²) >= 11 is 0. The fourth-order valence-electron chi connectivity index (χ4n) is 2.15. The van der Waals surface area contributed by atoms with E-state index in [1.54, 1.807) is 20.8 Å². The predicted molar refractivity (Wildman–Crippen MR) is 93.2 cm³/mol. The Kier molecular flexibility index (Phi) is 7.83. The van der Waals surface area contributed by atoms with E-state index in [4.69, 9.17) is 4.74 Å². The number of halogens is 3. The van der Waals surface area contributed by atoms with Crippen molar-refractivity contribution in [1.82, 2.24) is 10.6 Å². The van der Waals surface area contributed by atoms with Crippen LogP contribution in [0.1, 0.15) is 44.4 Å². The van der Waals surface area contributed by atoms with Gasteiger partial charge >= 0.3 is 18.2 Å². The molecule has 0 spiro atoms. The normalized spacial score (nSPS) is 12.7. The fourth-order valence-corrected chi connectivity index (χ4v) is 2.15. The summed E-state index contributed by atoms with van der Waals surface area (Å²) in [6.07, 6.45) is -5.78. The van der Waals surface area contributed by atoms with Gasteiger partial charge in [-0.25, -0.2) is 4.79 Å². The minimum Gasteiger partial charge on any atom is -0.469 e. The number of nitrogens with one attached hydrogen (secondary N) is 2. The van der Waals surface area contributed by atoms with Crippen molar-refractivity contribution in [3.05, 3.63) is 35.4 Å². The van der Waals surface area contributed by atoms with Crippen LogP contribution in [0.2, 0.25) is 0 Å². The molecule has 1 aromatic rings. The first-order valence-electron chi connectivity index (χ1n) is 8.32. The quantitative estimate of drug-likeness (QED) is 0.711. The van der Waals surface area contributed by atoms with Gasteiger partial charge in [0.15, 0.2) is 0 Å². The van der Waals surface area contributed by atoms with Crippen LogP contribution >= 0.6 is 0 Å². The van der Waals surface area contributed by atoms with Gasteiger partial charge in [0.1, 0.15) is 12.1 Å². The maximum atomic E-state index is 12.9. The Hall–Kier alpha value is -2.78. The van der Waals surface area contributed by atoms with E-state index in [1.165, 1.54) is 12.1 Å². The van der Waals surface area contributed by atoms with E-state index in [-0.39, 0.29) is 12.0 Å². The number of hydrogen-bond acceptors (Lipinski definition) is 5. The SMILES string of the molecule is COC(=O)C[C@H](NC(=O)CNC(=O)OC(C)(C)C)c1cccc(C(F)(F)F)c1. The van der Waals surface area contributed by atoms with Crippen molar-refractivity contribution >= 4 is 18.0 Å². The van der Waals surface area contributed by atoms with Crippen LogP contribution < -0.4 is 10.6 Å². The third kappa shape index (κ3) is 8.28. The number of amides is 2. The van der Waals surface area contributed by atoms with Gasteiger partial charge < -0.3 is 20.1 Å². The Bertz CT molecular complexity index is 714. The summed E-state index contributed by atoms with van der Waals surface area (Å²) in [6.45, 7) is 4.46. The van der Waals surface area contributed by atoms with Crippen LogP contribution in [-0.4, -0.2) is 37.2 Å². The first-order chi connectivity index (χ1) is 12.8. The molecule has 0 bridgehead atoms. The van der Waals surface area contributed by atoms with Gasteiger partial charge in [0.2, 0.25) is 5.91 Å². The van der Waals surface area contributed by atoms with Crippen LogP contribution in [0.4, 0.5) is 18.0 Å². The largest absolute Gasteiger partial charge is 0.469 e. The van der Waals surface area contributed by atoms with Gasteiger partial charge in [-0.2, -0.15) is 13.2 Å². The lowest BCUT2D eigenvalue weighted by Gasteiger charge is -2.21. The smallest absolute Gasteiger partial charge is 0.416 e. The summed E-state index contributed by atoms with van der Waals surface area (Å²) in [7, 11) is 1.12. The van der Waals surface area contributed by atoms with E-state index in [1.807, 2.05) is 0 Å². The number of methoxy groups -OCH3 is 1. The molecule has 7 nitrogen and oxygen atoms in total. The zero-order valence-corrected chi connectivity index (χ0v) is 16.0. The number of carbonyl (C=O) groups is 3. The van der Waals surface area contributed by atoms with Crippen molar-refractivity contribution < 1.29 is 37.0 Å². The van der Waals surface area contributed by atoms with Gasteiger partial charge in [-0.3, -0.25) is 9.59 Å². The highest BCUT2D eigenvalue weighted by Crippen LogP contribution is 2.31. The second-order valence-corrected chi connectivity index (χ2v) is 6.88. The van der Waals surface area contributed by atoms with Gasteiger partial charge in [-0.15, -0.1) is 0 Å². The average Bonchev–Trinajstić information content (AvgIpc) is 2.57. The number of hydrogen-bond donors (Lipinski definition) is 2. The van der Waals surface area contributed by atoms with E-state index >= 15 is 0 Å². The van der Waals surface area contributed by atoms with Crippen molar-refractivity contribution in [2.45, 2.75) is 45.0 Å².